The number of carbonyl (C=O) groups excluding carboxylic acids is 1. The van der Waals surface area contributed by atoms with Crippen molar-refractivity contribution in [3.05, 3.63) is 35.6 Å². The van der Waals surface area contributed by atoms with Crippen LogP contribution in [-0.2, 0) is 14.4 Å². The summed E-state index contributed by atoms with van der Waals surface area (Å²) in [7, 11) is 0. The summed E-state index contributed by atoms with van der Waals surface area (Å²) in [5, 5.41) is 14.7. The van der Waals surface area contributed by atoms with Crippen LogP contribution in [0.5, 0.6) is 0 Å². The van der Waals surface area contributed by atoms with Crippen molar-refractivity contribution >= 4 is 17.6 Å². The van der Waals surface area contributed by atoms with Crippen LogP contribution in [0.4, 0.5) is 4.39 Å². The monoisotopic (exact) mass is 280 g/mol. The number of carboxylic acids is 1. The van der Waals surface area contributed by atoms with E-state index in [1.807, 2.05) is 0 Å². The molecule has 0 saturated heterocycles. The molecule has 0 fully saturated rings. The van der Waals surface area contributed by atoms with Crippen LogP contribution < -0.4 is 5.32 Å². The van der Waals surface area contributed by atoms with Crippen LogP contribution in [0.1, 0.15) is 24.9 Å². The van der Waals surface area contributed by atoms with Crippen molar-refractivity contribution in [2.75, 3.05) is 0 Å². The molecular weight excluding hydrogens is 267 g/mol. The molecule has 0 saturated carbocycles. The Morgan fingerprint density at radius 3 is 2.65 bits per heavy atom. The molecule has 1 aliphatic heterocycles. The Hall–Kier alpha value is -2.44. The molecule has 2 atom stereocenters. The highest BCUT2D eigenvalue weighted by molar-refractivity contribution is 6.36. The van der Waals surface area contributed by atoms with Crippen molar-refractivity contribution in [1.82, 2.24) is 5.32 Å². The van der Waals surface area contributed by atoms with Gasteiger partial charge in [0, 0.05) is 6.42 Å². The molecule has 1 aromatic carbocycles. The summed E-state index contributed by atoms with van der Waals surface area (Å²) in [5.41, 5.74) is 0.553. The molecule has 0 aliphatic carbocycles. The third kappa shape index (κ3) is 3.11. The van der Waals surface area contributed by atoms with Gasteiger partial charge in [-0.3, -0.25) is 4.79 Å². The molecule has 0 radical (unpaired) electrons. The van der Waals surface area contributed by atoms with Crippen molar-refractivity contribution in [3.8, 4) is 0 Å². The fourth-order valence-corrected chi connectivity index (χ4v) is 1.79. The van der Waals surface area contributed by atoms with Crippen molar-refractivity contribution in [1.29, 1.82) is 0 Å². The first-order valence-corrected chi connectivity index (χ1v) is 5.99. The average molecular weight is 280 g/mol. The van der Waals surface area contributed by atoms with Crippen molar-refractivity contribution in [3.63, 3.8) is 0 Å². The lowest BCUT2D eigenvalue weighted by Crippen LogP contribution is -2.36. The van der Waals surface area contributed by atoms with Crippen LogP contribution in [0.25, 0.3) is 0 Å². The number of carboxylic acid groups (broad SMARTS) is 1. The smallest absolute Gasteiger partial charge is 0.353 e. The fraction of sp³-hybridized carbons (Fsp3) is 0.308. The number of halogens is 1. The minimum Gasteiger partial charge on any atom is -0.477 e. The highest BCUT2D eigenvalue weighted by Gasteiger charge is 2.32. The molecule has 106 valence electrons. The summed E-state index contributed by atoms with van der Waals surface area (Å²) in [4.78, 5) is 27.3. The number of oxime groups is 1. The van der Waals surface area contributed by atoms with Gasteiger partial charge in [0.2, 0.25) is 6.10 Å². The SMILES string of the molecule is CC(NC(=O)C1CC(C(=O)O)=NO1)c1ccc(F)cc1. The van der Waals surface area contributed by atoms with Crippen LogP contribution in [0, 0.1) is 5.82 Å². The van der Waals surface area contributed by atoms with Crippen LogP contribution >= 0.6 is 0 Å². The lowest BCUT2D eigenvalue weighted by molar-refractivity contribution is -0.132. The zero-order valence-corrected chi connectivity index (χ0v) is 10.7. The molecule has 7 heteroatoms. The molecule has 2 rings (SSSR count). The number of amides is 1. The number of nitrogens with one attached hydrogen (secondary N) is 1. The Morgan fingerprint density at radius 1 is 1.45 bits per heavy atom. The maximum absolute atomic E-state index is 12.8. The Labute approximate surface area is 114 Å². The van der Waals surface area contributed by atoms with Crippen LogP contribution in [0.2, 0.25) is 0 Å². The minimum absolute atomic E-state index is 0.0721. The summed E-state index contributed by atoms with van der Waals surface area (Å²) in [6.07, 6.45) is -1.01. The van der Waals surface area contributed by atoms with Crippen molar-refractivity contribution in [2.24, 2.45) is 5.16 Å². The number of nitrogens with zero attached hydrogens (tertiary/aromatic N) is 1. The molecule has 0 bridgehead atoms. The predicted octanol–water partition coefficient (Wildman–Crippen LogP) is 1.23. The standard InChI is InChI=1S/C13H13FN2O4/c1-7(8-2-4-9(14)5-3-8)15-12(17)11-6-10(13(18)19)16-20-11/h2-5,7,11H,6H2,1H3,(H,15,17)(H,18,19). The van der Waals surface area contributed by atoms with E-state index in [9.17, 15) is 14.0 Å². The number of rotatable bonds is 4. The lowest BCUT2D eigenvalue weighted by atomic mass is 10.1. The molecule has 1 aromatic rings. The second kappa shape index (κ2) is 5.68. The molecule has 2 unspecified atom stereocenters. The number of hydrogen-bond acceptors (Lipinski definition) is 4. The Kier molecular flexibility index (Phi) is 3.97. The molecule has 1 heterocycles. The van der Waals surface area contributed by atoms with Gasteiger partial charge in [-0.1, -0.05) is 17.3 Å². The highest BCUT2D eigenvalue weighted by Crippen LogP contribution is 2.16. The summed E-state index contributed by atoms with van der Waals surface area (Å²) >= 11 is 0. The molecular formula is C13H13FN2O4. The van der Waals surface area contributed by atoms with Gasteiger partial charge in [-0.25, -0.2) is 9.18 Å². The second-order valence-electron chi connectivity index (χ2n) is 4.42. The lowest BCUT2D eigenvalue weighted by Gasteiger charge is -2.16. The largest absolute Gasteiger partial charge is 0.477 e. The predicted molar refractivity (Wildman–Crippen MR) is 67.5 cm³/mol. The highest BCUT2D eigenvalue weighted by atomic mass is 19.1. The van der Waals surface area contributed by atoms with Crippen LogP contribution in [-0.4, -0.2) is 28.8 Å². The van der Waals surface area contributed by atoms with Gasteiger partial charge in [0.15, 0.2) is 5.71 Å². The van der Waals surface area contributed by atoms with Gasteiger partial charge in [0.1, 0.15) is 5.82 Å². The molecule has 2 N–H and O–H groups in total. The first-order chi connectivity index (χ1) is 9.47. The van der Waals surface area contributed by atoms with Crippen molar-refractivity contribution < 1.29 is 23.9 Å². The third-order valence-electron chi connectivity index (χ3n) is 2.94. The van der Waals surface area contributed by atoms with E-state index >= 15 is 0 Å². The topological polar surface area (TPSA) is 88.0 Å². The number of benzene rings is 1. The number of aliphatic carboxylic acids is 1. The average Bonchev–Trinajstić information content (AvgIpc) is 2.89. The summed E-state index contributed by atoms with van der Waals surface area (Å²) in [5.74, 6) is -2.01. The molecule has 1 amide bonds. The fourth-order valence-electron chi connectivity index (χ4n) is 1.79. The van der Waals surface area contributed by atoms with E-state index in [4.69, 9.17) is 9.94 Å². The van der Waals surface area contributed by atoms with E-state index in [1.54, 1.807) is 19.1 Å². The summed E-state index contributed by atoms with van der Waals surface area (Å²) in [6.45, 7) is 1.74. The normalized spacial score (nSPS) is 18.9. The van der Waals surface area contributed by atoms with E-state index in [1.165, 1.54) is 12.1 Å². The molecule has 20 heavy (non-hydrogen) atoms. The van der Waals surface area contributed by atoms with Gasteiger partial charge in [0.25, 0.3) is 5.91 Å². The van der Waals surface area contributed by atoms with Crippen molar-refractivity contribution in [2.45, 2.75) is 25.5 Å². The molecule has 0 spiro atoms. The van der Waals surface area contributed by atoms with E-state index in [-0.39, 0.29) is 24.0 Å². The van der Waals surface area contributed by atoms with Crippen LogP contribution in [0.15, 0.2) is 29.4 Å². The van der Waals surface area contributed by atoms with Gasteiger partial charge < -0.3 is 15.3 Å². The molecule has 0 aromatic heterocycles. The summed E-state index contributed by atoms with van der Waals surface area (Å²) < 4.78 is 12.8. The van der Waals surface area contributed by atoms with Gasteiger partial charge in [-0.05, 0) is 24.6 Å². The van der Waals surface area contributed by atoms with Gasteiger partial charge in [-0.15, -0.1) is 0 Å². The first-order valence-electron chi connectivity index (χ1n) is 5.99. The van der Waals surface area contributed by atoms with Gasteiger partial charge in [0.05, 0.1) is 6.04 Å². The Bertz CT molecular complexity index is 556. The third-order valence-corrected chi connectivity index (χ3v) is 2.94. The second-order valence-corrected chi connectivity index (χ2v) is 4.42. The zero-order valence-electron chi connectivity index (χ0n) is 10.7. The van der Waals surface area contributed by atoms with Gasteiger partial charge in [-0.2, -0.15) is 0 Å². The van der Waals surface area contributed by atoms with E-state index in [2.05, 4.69) is 10.5 Å². The minimum atomic E-state index is -1.20. The van der Waals surface area contributed by atoms with E-state index < -0.39 is 18.0 Å². The maximum atomic E-state index is 12.8. The number of carbonyl (C=O) groups is 2. The van der Waals surface area contributed by atoms with Gasteiger partial charge >= 0.3 is 5.97 Å². The first kappa shape index (κ1) is 14.0. The van der Waals surface area contributed by atoms with Crippen LogP contribution in [0.3, 0.4) is 0 Å². The van der Waals surface area contributed by atoms with E-state index in [0.29, 0.717) is 0 Å². The zero-order chi connectivity index (χ0) is 14.7. The quantitative estimate of drug-likeness (QED) is 0.868. The maximum Gasteiger partial charge on any atom is 0.353 e. The Morgan fingerprint density at radius 2 is 2.10 bits per heavy atom. The Balaban J connectivity index is 1.92. The molecule has 1 aliphatic rings. The summed E-state index contributed by atoms with van der Waals surface area (Å²) in [6, 6.07) is 5.38. The van der Waals surface area contributed by atoms with E-state index in [0.717, 1.165) is 5.56 Å². The number of hydrogen-bond donors (Lipinski definition) is 2. The molecule has 6 nitrogen and oxygen atoms in total.